The van der Waals surface area contributed by atoms with Crippen molar-refractivity contribution >= 4 is 37.2 Å². The van der Waals surface area contributed by atoms with Gasteiger partial charge in [0, 0.05) is 24.3 Å². The lowest BCUT2D eigenvalue weighted by Crippen LogP contribution is -2.29. The summed E-state index contributed by atoms with van der Waals surface area (Å²) in [5.74, 6) is -0.439. The van der Waals surface area contributed by atoms with Crippen molar-refractivity contribution in [3.8, 4) is 0 Å². The van der Waals surface area contributed by atoms with Gasteiger partial charge in [0.1, 0.15) is 0 Å². The highest BCUT2D eigenvalue weighted by Gasteiger charge is 2.25. The second kappa shape index (κ2) is 7.29. The SMILES string of the molecule is CCCCCN(C)C(=O)c1c(Cl)cccc1S(=O)(=O)Cl. The quantitative estimate of drug-likeness (QED) is 0.589. The van der Waals surface area contributed by atoms with Gasteiger partial charge in [-0.25, -0.2) is 8.42 Å². The fraction of sp³-hybridized carbons (Fsp3) is 0.462. The molecule has 0 aromatic heterocycles. The molecule has 112 valence electrons. The van der Waals surface area contributed by atoms with Crippen molar-refractivity contribution < 1.29 is 13.2 Å². The molecular weight excluding hydrogens is 321 g/mol. The summed E-state index contributed by atoms with van der Waals surface area (Å²) >= 11 is 5.97. The fourth-order valence-corrected chi connectivity index (χ4v) is 3.19. The third-order valence-corrected chi connectivity index (χ3v) is 4.57. The summed E-state index contributed by atoms with van der Waals surface area (Å²) < 4.78 is 23.1. The maximum atomic E-state index is 12.3. The van der Waals surface area contributed by atoms with E-state index in [1.807, 2.05) is 0 Å². The van der Waals surface area contributed by atoms with Crippen LogP contribution in [0.3, 0.4) is 0 Å². The molecule has 0 saturated heterocycles. The molecule has 1 aromatic carbocycles. The summed E-state index contributed by atoms with van der Waals surface area (Å²) in [6.07, 6.45) is 2.89. The van der Waals surface area contributed by atoms with Crippen molar-refractivity contribution in [3.05, 3.63) is 28.8 Å². The smallest absolute Gasteiger partial charge is 0.262 e. The molecule has 0 atom stereocenters. The first kappa shape index (κ1) is 17.3. The zero-order chi connectivity index (χ0) is 15.3. The molecule has 0 fully saturated rings. The summed E-state index contributed by atoms with van der Waals surface area (Å²) in [4.78, 5) is 13.6. The molecule has 1 amide bonds. The lowest BCUT2D eigenvalue weighted by molar-refractivity contribution is 0.0789. The van der Waals surface area contributed by atoms with Gasteiger partial charge in [0.25, 0.3) is 15.0 Å². The summed E-state index contributed by atoms with van der Waals surface area (Å²) in [7, 11) is 2.95. The Morgan fingerprint density at radius 3 is 2.50 bits per heavy atom. The number of halogens is 2. The van der Waals surface area contributed by atoms with E-state index in [1.165, 1.54) is 23.1 Å². The second-order valence-electron chi connectivity index (χ2n) is 4.48. The highest BCUT2D eigenvalue weighted by Crippen LogP contribution is 2.27. The number of hydrogen-bond donors (Lipinski definition) is 0. The van der Waals surface area contributed by atoms with Crippen LogP contribution in [-0.2, 0) is 9.05 Å². The zero-order valence-electron chi connectivity index (χ0n) is 11.4. The maximum absolute atomic E-state index is 12.3. The molecule has 0 aliphatic carbocycles. The average Bonchev–Trinajstić information content (AvgIpc) is 2.36. The molecule has 20 heavy (non-hydrogen) atoms. The van der Waals surface area contributed by atoms with Gasteiger partial charge in [-0.15, -0.1) is 0 Å². The van der Waals surface area contributed by atoms with Crippen LogP contribution in [0.4, 0.5) is 0 Å². The van der Waals surface area contributed by atoms with Crippen LogP contribution in [0.25, 0.3) is 0 Å². The van der Waals surface area contributed by atoms with E-state index in [0.717, 1.165) is 19.3 Å². The Hall–Kier alpha value is -0.780. The molecule has 4 nitrogen and oxygen atoms in total. The van der Waals surface area contributed by atoms with Crippen LogP contribution in [0.15, 0.2) is 23.1 Å². The molecule has 0 saturated carbocycles. The van der Waals surface area contributed by atoms with Crippen molar-refractivity contribution in [3.63, 3.8) is 0 Å². The second-order valence-corrected chi connectivity index (χ2v) is 7.43. The minimum atomic E-state index is -4.02. The molecule has 0 bridgehead atoms. The average molecular weight is 338 g/mol. The molecule has 0 spiro atoms. The van der Waals surface area contributed by atoms with E-state index in [4.69, 9.17) is 22.3 Å². The standard InChI is InChI=1S/C13H17Cl2NO3S/c1-3-4-5-9-16(2)13(17)12-10(14)7-6-8-11(12)20(15,18)19/h6-8H,3-5,9H2,1-2H3. The van der Waals surface area contributed by atoms with Gasteiger partial charge in [0.15, 0.2) is 0 Å². The number of benzene rings is 1. The number of hydrogen-bond acceptors (Lipinski definition) is 3. The van der Waals surface area contributed by atoms with Gasteiger partial charge in [0.2, 0.25) is 0 Å². The predicted molar refractivity (Wildman–Crippen MR) is 81.0 cm³/mol. The maximum Gasteiger partial charge on any atom is 0.262 e. The van der Waals surface area contributed by atoms with Crippen LogP contribution in [0.2, 0.25) is 5.02 Å². The molecule has 0 unspecified atom stereocenters. The molecule has 0 heterocycles. The summed E-state index contributed by atoms with van der Waals surface area (Å²) in [5.41, 5.74) is -0.0665. The minimum absolute atomic E-state index is 0.0665. The zero-order valence-corrected chi connectivity index (χ0v) is 13.7. The number of carbonyl (C=O) groups excluding carboxylic acids is 1. The van der Waals surface area contributed by atoms with Crippen LogP contribution in [0.5, 0.6) is 0 Å². The van der Waals surface area contributed by atoms with Gasteiger partial charge in [-0.2, -0.15) is 0 Å². The van der Waals surface area contributed by atoms with Gasteiger partial charge >= 0.3 is 0 Å². The number of rotatable bonds is 6. The highest BCUT2D eigenvalue weighted by atomic mass is 35.7. The Kier molecular flexibility index (Phi) is 6.30. The summed E-state index contributed by atoms with van der Waals surface area (Å²) in [6.45, 7) is 2.60. The predicted octanol–water partition coefficient (Wildman–Crippen LogP) is 3.53. The number of amides is 1. The first-order valence-corrected chi connectivity index (χ1v) is 8.96. The lowest BCUT2D eigenvalue weighted by atomic mass is 10.2. The first-order valence-electron chi connectivity index (χ1n) is 6.27. The molecule has 7 heteroatoms. The summed E-state index contributed by atoms with van der Waals surface area (Å²) in [6, 6.07) is 4.20. The Morgan fingerprint density at radius 1 is 1.30 bits per heavy atom. The Balaban J connectivity index is 3.10. The molecule has 0 radical (unpaired) electrons. The van der Waals surface area contributed by atoms with Crippen LogP contribution >= 0.6 is 22.3 Å². The Morgan fingerprint density at radius 2 is 1.95 bits per heavy atom. The van der Waals surface area contributed by atoms with E-state index in [9.17, 15) is 13.2 Å². The summed E-state index contributed by atoms with van der Waals surface area (Å²) in [5, 5.41) is 0.0825. The van der Waals surface area contributed by atoms with E-state index in [0.29, 0.717) is 6.54 Å². The molecular formula is C13H17Cl2NO3S. The molecule has 0 N–H and O–H groups in total. The lowest BCUT2D eigenvalue weighted by Gasteiger charge is -2.19. The Bertz CT molecular complexity index is 587. The van der Waals surface area contributed by atoms with E-state index in [1.54, 1.807) is 7.05 Å². The number of nitrogens with zero attached hydrogens (tertiary/aromatic N) is 1. The van der Waals surface area contributed by atoms with Crippen LogP contribution in [0, 0.1) is 0 Å². The van der Waals surface area contributed by atoms with Crippen LogP contribution in [0.1, 0.15) is 36.5 Å². The van der Waals surface area contributed by atoms with E-state index in [2.05, 4.69) is 6.92 Å². The monoisotopic (exact) mass is 337 g/mol. The van der Waals surface area contributed by atoms with Gasteiger partial charge in [0.05, 0.1) is 15.5 Å². The van der Waals surface area contributed by atoms with Crippen molar-refractivity contribution in [2.45, 2.75) is 31.1 Å². The number of unbranched alkanes of at least 4 members (excludes halogenated alkanes) is 2. The van der Waals surface area contributed by atoms with Crippen molar-refractivity contribution in [2.24, 2.45) is 0 Å². The van der Waals surface area contributed by atoms with Crippen LogP contribution in [-0.4, -0.2) is 32.8 Å². The van der Waals surface area contributed by atoms with E-state index < -0.39 is 15.0 Å². The van der Waals surface area contributed by atoms with Crippen molar-refractivity contribution in [1.82, 2.24) is 4.90 Å². The Labute approximate surface area is 129 Å². The highest BCUT2D eigenvalue weighted by molar-refractivity contribution is 8.13. The van der Waals surface area contributed by atoms with E-state index in [-0.39, 0.29) is 15.5 Å². The third kappa shape index (κ3) is 4.36. The van der Waals surface area contributed by atoms with Crippen molar-refractivity contribution in [1.29, 1.82) is 0 Å². The molecule has 1 aromatic rings. The van der Waals surface area contributed by atoms with Gasteiger partial charge in [-0.3, -0.25) is 4.79 Å². The van der Waals surface area contributed by atoms with Gasteiger partial charge in [-0.1, -0.05) is 37.4 Å². The first-order chi connectivity index (χ1) is 9.29. The molecule has 0 aliphatic rings. The van der Waals surface area contributed by atoms with Gasteiger partial charge < -0.3 is 4.90 Å². The molecule has 0 aliphatic heterocycles. The number of carbonyl (C=O) groups is 1. The third-order valence-electron chi connectivity index (χ3n) is 2.90. The fourth-order valence-electron chi connectivity index (χ4n) is 1.81. The van der Waals surface area contributed by atoms with Crippen LogP contribution < -0.4 is 0 Å². The van der Waals surface area contributed by atoms with E-state index >= 15 is 0 Å². The van der Waals surface area contributed by atoms with Crippen molar-refractivity contribution in [2.75, 3.05) is 13.6 Å². The topological polar surface area (TPSA) is 54.5 Å². The normalized spacial score (nSPS) is 11.4. The largest absolute Gasteiger partial charge is 0.342 e. The van der Waals surface area contributed by atoms with Gasteiger partial charge in [-0.05, 0) is 18.6 Å². The molecule has 1 rings (SSSR count). The minimum Gasteiger partial charge on any atom is -0.342 e.